The van der Waals surface area contributed by atoms with Crippen LogP contribution < -0.4 is 0 Å². The van der Waals surface area contributed by atoms with Crippen LogP contribution in [-0.4, -0.2) is 20.3 Å². The largest absolute Gasteiger partial charge is 0.475 e. The highest BCUT2D eigenvalue weighted by atomic mass is 32.2. The topological polar surface area (TPSA) is 80.4 Å². The number of aromatic nitrogens is 1. The van der Waals surface area contributed by atoms with Gasteiger partial charge in [-0.2, -0.15) is 0 Å². The van der Waals surface area contributed by atoms with Gasteiger partial charge in [0.15, 0.2) is 5.09 Å². The molecule has 1 atom stereocenters. The highest BCUT2D eigenvalue weighted by molar-refractivity contribution is 7.84. The van der Waals surface area contributed by atoms with Crippen LogP contribution in [0.3, 0.4) is 0 Å². The van der Waals surface area contributed by atoms with Gasteiger partial charge in [0.1, 0.15) is 0 Å². The van der Waals surface area contributed by atoms with Gasteiger partial charge in [0.05, 0.1) is 22.2 Å². The van der Waals surface area contributed by atoms with Crippen LogP contribution in [0.5, 0.6) is 0 Å². The van der Waals surface area contributed by atoms with Crippen LogP contribution >= 0.6 is 0 Å². The van der Waals surface area contributed by atoms with Gasteiger partial charge in [-0.25, -0.2) is 4.79 Å². The lowest BCUT2D eigenvalue weighted by molar-refractivity contribution is 0.0656. The minimum Gasteiger partial charge on any atom is -0.475 e. The second-order valence-corrected chi connectivity index (χ2v) is 4.62. The number of hydrogen-bond donors (Lipinski definition) is 1. The summed E-state index contributed by atoms with van der Waals surface area (Å²) in [4.78, 5) is 14.6. The van der Waals surface area contributed by atoms with Crippen LogP contribution in [0.4, 0.5) is 0 Å². The van der Waals surface area contributed by atoms with Crippen LogP contribution in [0.1, 0.15) is 16.2 Å². The van der Waals surface area contributed by atoms with E-state index in [1.165, 1.54) is 12.1 Å². The van der Waals surface area contributed by atoms with E-state index in [0.717, 1.165) is 0 Å². The Hall–Kier alpha value is -1.95. The summed E-state index contributed by atoms with van der Waals surface area (Å²) in [5, 5.41) is 8.81. The number of hydrogen-bond acceptors (Lipinski definition) is 4. The lowest BCUT2D eigenvalue weighted by Gasteiger charge is -1.97. The predicted molar refractivity (Wildman–Crippen MR) is 60.0 cm³/mol. The third kappa shape index (κ3) is 2.79. The molecule has 2 aromatic heterocycles. The first-order chi connectivity index (χ1) is 8.16. The zero-order valence-electron chi connectivity index (χ0n) is 8.70. The lowest BCUT2D eigenvalue weighted by atomic mass is 10.4. The van der Waals surface area contributed by atoms with E-state index in [4.69, 9.17) is 9.52 Å². The van der Waals surface area contributed by atoms with Gasteiger partial charge in [0, 0.05) is 6.20 Å². The van der Waals surface area contributed by atoms with Crippen molar-refractivity contribution >= 4 is 16.8 Å². The molecule has 0 saturated carbocycles. The summed E-state index contributed by atoms with van der Waals surface area (Å²) in [6.07, 6.45) is 1.61. The quantitative estimate of drug-likeness (QED) is 0.894. The first-order valence-electron chi connectivity index (χ1n) is 4.78. The Bertz CT molecular complexity index is 550. The summed E-state index contributed by atoms with van der Waals surface area (Å²) >= 11 is 0. The second-order valence-electron chi connectivity index (χ2n) is 3.23. The van der Waals surface area contributed by atoms with E-state index in [1.54, 1.807) is 24.4 Å². The summed E-state index contributed by atoms with van der Waals surface area (Å²) < 4.78 is 16.8. The highest BCUT2D eigenvalue weighted by Gasteiger charge is 2.14. The molecule has 6 heteroatoms. The molecule has 0 bridgehead atoms. The summed E-state index contributed by atoms with van der Waals surface area (Å²) in [6.45, 7) is 0. The van der Waals surface area contributed by atoms with Crippen molar-refractivity contribution in [2.24, 2.45) is 0 Å². The van der Waals surface area contributed by atoms with Crippen molar-refractivity contribution in [2.75, 3.05) is 0 Å². The molecule has 0 radical (unpaired) electrons. The number of furan rings is 1. The minimum absolute atomic E-state index is 0.146. The first-order valence-corrected chi connectivity index (χ1v) is 6.10. The van der Waals surface area contributed by atoms with E-state index in [9.17, 15) is 9.00 Å². The number of nitrogens with zero attached hydrogens (tertiary/aromatic N) is 1. The van der Waals surface area contributed by atoms with Crippen molar-refractivity contribution < 1.29 is 18.5 Å². The Labute approximate surface area is 99.6 Å². The Morgan fingerprint density at radius 1 is 1.35 bits per heavy atom. The Balaban J connectivity index is 2.12. The smallest absolute Gasteiger partial charge is 0.371 e. The van der Waals surface area contributed by atoms with Gasteiger partial charge in [-0.1, -0.05) is 6.07 Å². The standard InChI is InChI=1S/C11H9NO4S/c13-11(14)9-4-5-10(16-9)17(15)7-8-3-1-2-6-12-8/h1-6H,7H2,(H,13,14). The van der Waals surface area contributed by atoms with E-state index in [-0.39, 0.29) is 16.6 Å². The molecule has 0 amide bonds. The fourth-order valence-electron chi connectivity index (χ4n) is 1.25. The minimum atomic E-state index is -1.42. The Morgan fingerprint density at radius 2 is 2.18 bits per heavy atom. The fourth-order valence-corrected chi connectivity index (χ4v) is 2.23. The molecule has 0 aromatic carbocycles. The average Bonchev–Trinajstić information content (AvgIpc) is 2.79. The molecule has 5 nitrogen and oxygen atoms in total. The van der Waals surface area contributed by atoms with Crippen molar-refractivity contribution in [2.45, 2.75) is 10.8 Å². The fraction of sp³-hybridized carbons (Fsp3) is 0.0909. The zero-order valence-corrected chi connectivity index (χ0v) is 9.52. The van der Waals surface area contributed by atoms with Crippen molar-refractivity contribution in [3.63, 3.8) is 0 Å². The maximum atomic E-state index is 11.8. The van der Waals surface area contributed by atoms with Crippen LogP contribution in [0.15, 0.2) is 46.0 Å². The normalized spacial score (nSPS) is 12.2. The average molecular weight is 251 g/mol. The molecule has 0 aliphatic rings. The van der Waals surface area contributed by atoms with Crippen LogP contribution in [0, 0.1) is 0 Å². The number of carboxylic acid groups (broad SMARTS) is 1. The summed E-state index contributed by atoms with van der Waals surface area (Å²) in [5.41, 5.74) is 0.666. The zero-order chi connectivity index (χ0) is 12.3. The lowest BCUT2D eigenvalue weighted by Crippen LogP contribution is -1.97. The van der Waals surface area contributed by atoms with Gasteiger partial charge in [-0.3, -0.25) is 9.19 Å². The van der Waals surface area contributed by atoms with E-state index >= 15 is 0 Å². The molecule has 2 aromatic rings. The number of carbonyl (C=O) groups is 1. The molecule has 0 aliphatic heterocycles. The summed E-state index contributed by atoms with van der Waals surface area (Å²) in [6, 6.07) is 8.00. The van der Waals surface area contributed by atoms with Gasteiger partial charge in [0.2, 0.25) is 5.76 Å². The number of rotatable bonds is 4. The predicted octanol–water partition coefficient (Wildman–Crippen LogP) is 1.68. The third-order valence-corrected chi connectivity index (χ3v) is 3.25. The number of carboxylic acids is 1. The van der Waals surface area contributed by atoms with Crippen molar-refractivity contribution in [1.82, 2.24) is 4.98 Å². The van der Waals surface area contributed by atoms with Gasteiger partial charge in [-0.05, 0) is 24.3 Å². The summed E-state index contributed by atoms with van der Waals surface area (Å²) in [7, 11) is -1.42. The van der Waals surface area contributed by atoms with Crippen molar-refractivity contribution in [1.29, 1.82) is 0 Å². The summed E-state index contributed by atoms with van der Waals surface area (Å²) in [5.74, 6) is -1.19. The van der Waals surface area contributed by atoms with E-state index < -0.39 is 16.8 Å². The molecular formula is C11H9NO4S. The second kappa shape index (κ2) is 4.92. The highest BCUT2D eigenvalue weighted by Crippen LogP contribution is 2.15. The van der Waals surface area contributed by atoms with Crippen molar-refractivity contribution in [3.8, 4) is 0 Å². The maximum Gasteiger partial charge on any atom is 0.371 e. The van der Waals surface area contributed by atoms with Gasteiger partial charge in [0.25, 0.3) is 0 Å². The van der Waals surface area contributed by atoms with Gasteiger partial charge >= 0.3 is 5.97 Å². The SMILES string of the molecule is O=C(O)c1ccc(S(=O)Cc2ccccn2)o1. The van der Waals surface area contributed by atoms with E-state index in [1.807, 2.05) is 0 Å². The molecule has 0 fully saturated rings. The van der Waals surface area contributed by atoms with Gasteiger partial charge < -0.3 is 9.52 Å². The molecule has 17 heavy (non-hydrogen) atoms. The molecule has 0 spiro atoms. The van der Waals surface area contributed by atoms with E-state index in [0.29, 0.717) is 5.69 Å². The van der Waals surface area contributed by atoms with Crippen LogP contribution in [0.25, 0.3) is 0 Å². The molecular weight excluding hydrogens is 242 g/mol. The maximum absolute atomic E-state index is 11.8. The number of pyridine rings is 1. The Morgan fingerprint density at radius 3 is 2.76 bits per heavy atom. The molecule has 0 saturated heterocycles. The van der Waals surface area contributed by atoms with Crippen molar-refractivity contribution in [3.05, 3.63) is 48.0 Å². The third-order valence-electron chi connectivity index (χ3n) is 2.02. The first kappa shape index (κ1) is 11.5. The Kier molecular flexibility index (Phi) is 3.34. The molecule has 0 aliphatic carbocycles. The molecule has 1 unspecified atom stereocenters. The number of aromatic carboxylic acids is 1. The molecule has 88 valence electrons. The van der Waals surface area contributed by atoms with Gasteiger partial charge in [-0.15, -0.1) is 0 Å². The molecule has 1 N–H and O–H groups in total. The molecule has 2 rings (SSSR count). The van der Waals surface area contributed by atoms with Crippen LogP contribution in [0.2, 0.25) is 0 Å². The van der Waals surface area contributed by atoms with Crippen LogP contribution in [-0.2, 0) is 16.6 Å². The van der Waals surface area contributed by atoms with E-state index in [2.05, 4.69) is 4.98 Å². The monoisotopic (exact) mass is 251 g/mol. The molecule has 2 heterocycles.